The number of benzene rings is 1. The van der Waals surface area contributed by atoms with Crippen LogP contribution in [0, 0.1) is 6.92 Å². The highest BCUT2D eigenvalue weighted by Gasteiger charge is 2.15. The third-order valence-electron chi connectivity index (χ3n) is 2.79. The minimum Gasteiger partial charge on any atom is -0.344 e. The summed E-state index contributed by atoms with van der Waals surface area (Å²) in [5, 5.41) is 3.89. The maximum atomic E-state index is 12.0. The Morgan fingerprint density at radius 1 is 1.25 bits per heavy atom. The molecule has 0 spiro atoms. The van der Waals surface area contributed by atoms with Crippen molar-refractivity contribution in [2.45, 2.75) is 19.9 Å². The number of halogens is 2. The molecule has 0 saturated heterocycles. The third kappa shape index (κ3) is 3.46. The first-order valence-corrected chi connectivity index (χ1v) is 6.77. The number of carbonyl (C=O) groups is 1. The molecule has 1 amide bonds. The average Bonchev–Trinajstić information content (AvgIpc) is 2.39. The summed E-state index contributed by atoms with van der Waals surface area (Å²) in [6.07, 6.45) is 3.00. The molecule has 0 bridgehead atoms. The van der Waals surface area contributed by atoms with Gasteiger partial charge in [-0.05, 0) is 31.5 Å². The van der Waals surface area contributed by atoms with Crippen LogP contribution in [0.1, 0.15) is 34.7 Å². The van der Waals surface area contributed by atoms with Gasteiger partial charge in [0.1, 0.15) is 5.69 Å². The molecule has 2 rings (SSSR count). The highest BCUT2D eigenvalue weighted by atomic mass is 35.5. The number of hydrogen-bond donors (Lipinski definition) is 1. The van der Waals surface area contributed by atoms with Gasteiger partial charge in [0.25, 0.3) is 5.91 Å². The van der Waals surface area contributed by atoms with Gasteiger partial charge >= 0.3 is 0 Å². The van der Waals surface area contributed by atoms with Crippen LogP contribution in [0.4, 0.5) is 0 Å². The van der Waals surface area contributed by atoms with Crippen molar-refractivity contribution in [1.29, 1.82) is 0 Å². The molecule has 0 aliphatic carbocycles. The largest absolute Gasteiger partial charge is 0.344 e. The zero-order valence-corrected chi connectivity index (χ0v) is 12.5. The van der Waals surface area contributed by atoms with E-state index in [9.17, 15) is 4.79 Å². The summed E-state index contributed by atoms with van der Waals surface area (Å²) >= 11 is 12.0. The molecule has 1 unspecified atom stereocenters. The Morgan fingerprint density at radius 3 is 2.60 bits per heavy atom. The predicted molar refractivity (Wildman–Crippen MR) is 79.1 cm³/mol. The molecule has 0 fully saturated rings. The van der Waals surface area contributed by atoms with Crippen molar-refractivity contribution in [3.63, 3.8) is 0 Å². The molecule has 0 radical (unpaired) electrons. The second-order valence-electron chi connectivity index (χ2n) is 4.40. The highest BCUT2D eigenvalue weighted by Crippen LogP contribution is 2.26. The number of carbonyl (C=O) groups excluding carboxylic acids is 1. The lowest BCUT2D eigenvalue weighted by Crippen LogP contribution is -2.27. The Hall–Kier alpha value is -1.65. The number of aromatic nitrogens is 2. The van der Waals surface area contributed by atoms with Crippen LogP contribution in [0.15, 0.2) is 30.6 Å². The van der Waals surface area contributed by atoms with Crippen LogP contribution in [-0.4, -0.2) is 15.9 Å². The molecule has 1 heterocycles. The smallest absolute Gasteiger partial charge is 0.271 e. The third-order valence-corrected chi connectivity index (χ3v) is 3.35. The molecule has 1 N–H and O–H groups in total. The first-order chi connectivity index (χ1) is 9.47. The number of rotatable bonds is 3. The number of aryl methyl sites for hydroxylation is 1. The lowest BCUT2D eigenvalue weighted by Gasteiger charge is -2.15. The maximum absolute atomic E-state index is 12.0. The summed E-state index contributed by atoms with van der Waals surface area (Å²) < 4.78 is 0. The van der Waals surface area contributed by atoms with Crippen molar-refractivity contribution in [2.75, 3.05) is 0 Å². The lowest BCUT2D eigenvalue weighted by atomic mass is 10.1. The quantitative estimate of drug-likeness (QED) is 0.942. The molecular formula is C14H13Cl2N3O. The number of nitrogens with zero attached hydrogens (tertiary/aromatic N) is 2. The van der Waals surface area contributed by atoms with E-state index in [-0.39, 0.29) is 17.6 Å². The predicted octanol–water partition coefficient (Wildman–Crippen LogP) is 3.58. The molecule has 6 heteroatoms. The number of amides is 1. The van der Waals surface area contributed by atoms with Crippen LogP contribution in [0.2, 0.25) is 10.0 Å². The summed E-state index contributed by atoms with van der Waals surface area (Å²) in [6.45, 7) is 3.65. The van der Waals surface area contributed by atoms with E-state index in [0.717, 1.165) is 11.3 Å². The zero-order chi connectivity index (χ0) is 14.7. The number of nitrogens with one attached hydrogen (secondary N) is 1. The summed E-state index contributed by atoms with van der Waals surface area (Å²) in [7, 11) is 0. The Bertz CT molecular complexity index is 629. The van der Waals surface area contributed by atoms with E-state index in [0.29, 0.717) is 10.0 Å². The fraction of sp³-hybridized carbons (Fsp3) is 0.214. The van der Waals surface area contributed by atoms with Crippen LogP contribution in [0.5, 0.6) is 0 Å². The Labute approximate surface area is 127 Å². The van der Waals surface area contributed by atoms with Crippen molar-refractivity contribution in [3.8, 4) is 0 Å². The molecule has 1 atom stereocenters. The Kier molecular flexibility index (Phi) is 4.57. The second-order valence-corrected chi connectivity index (χ2v) is 5.25. The molecule has 0 aliphatic rings. The average molecular weight is 310 g/mol. The molecule has 4 nitrogen and oxygen atoms in total. The molecule has 1 aromatic carbocycles. The van der Waals surface area contributed by atoms with E-state index in [2.05, 4.69) is 15.3 Å². The van der Waals surface area contributed by atoms with Gasteiger partial charge in [-0.2, -0.15) is 0 Å². The van der Waals surface area contributed by atoms with E-state index in [4.69, 9.17) is 23.2 Å². The first-order valence-electron chi connectivity index (χ1n) is 6.02. The molecule has 1 aromatic heterocycles. The summed E-state index contributed by atoms with van der Waals surface area (Å²) in [4.78, 5) is 20.1. The Balaban J connectivity index is 2.12. The van der Waals surface area contributed by atoms with Gasteiger partial charge in [-0.25, -0.2) is 4.98 Å². The van der Waals surface area contributed by atoms with Crippen LogP contribution < -0.4 is 5.32 Å². The van der Waals surface area contributed by atoms with Crippen LogP contribution in [0.25, 0.3) is 0 Å². The molecular weight excluding hydrogens is 297 g/mol. The van der Waals surface area contributed by atoms with Crippen molar-refractivity contribution in [1.82, 2.24) is 15.3 Å². The van der Waals surface area contributed by atoms with Gasteiger partial charge in [-0.15, -0.1) is 0 Å². The fourth-order valence-electron chi connectivity index (χ4n) is 1.71. The summed E-state index contributed by atoms with van der Waals surface area (Å²) in [6, 6.07) is 4.91. The van der Waals surface area contributed by atoms with Crippen molar-refractivity contribution in [3.05, 3.63) is 57.6 Å². The van der Waals surface area contributed by atoms with Crippen molar-refractivity contribution < 1.29 is 4.79 Å². The van der Waals surface area contributed by atoms with Gasteiger partial charge in [-0.3, -0.25) is 9.78 Å². The topological polar surface area (TPSA) is 54.9 Å². The number of hydrogen-bond acceptors (Lipinski definition) is 3. The first kappa shape index (κ1) is 14.8. The van der Waals surface area contributed by atoms with Crippen LogP contribution in [-0.2, 0) is 0 Å². The normalized spacial score (nSPS) is 12.0. The molecule has 0 saturated carbocycles. The minimum atomic E-state index is -0.295. The summed E-state index contributed by atoms with van der Waals surface area (Å²) in [5.41, 5.74) is 1.83. The van der Waals surface area contributed by atoms with Gasteiger partial charge in [0.15, 0.2) is 0 Å². The SMILES string of the molecule is Cc1cnc(C(=O)NC(C)c2ccc(Cl)cc2Cl)cn1. The van der Waals surface area contributed by atoms with Crippen molar-refractivity contribution >= 4 is 29.1 Å². The van der Waals surface area contributed by atoms with Gasteiger partial charge in [0, 0.05) is 16.2 Å². The molecule has 2 aromatic rings. The monoisotopic (exact) mass is 309 g/mol. The standard InChI is InChI=1S/C14H13Cl2N3O/c1-8-6-18-13(7-17-8)14(20)19-9(2)11-4-3-10(15)5-12(11)16/h3-7,9H,1-2H3,(H,19,20). The van der Waals surface area contributed by atoms with Crippen LogP contribution in [0.3, 0.4) is 0 Å². The van der Waals surface area contributed by atoms with Gasteiger partial charge in [0.2, 0.25) is 0 Å². The van der Waals surface area contributed by atoms with Gasteiger partial charge in [-0.1, -0.05) is 29.3 Å². The Morgan fingerprint density at radius 2 is 2.00 bits per heavy atom. The van der Waals surface area contributed by atoms with E-state index in [1.54, 1.807) is 24.4 Å². The minimum absolute atomic E-state index is 0.254. The van der Waals surface area contributed by atoms with Gasteiger partial charge in [0.05, 0.1) is 17.9 Å². The van der Waals surface area contributed by atoms with Gasteiger partial charge < -0.3 is 5.32 Å². The molecule has 0 aliphatic heterocycles. The van der Waals surface area contributed by atoms with Crippen molar-refractivity contribution in [2.24, 2.45) is 0 Å². The fourth-order valence-corrected chi connectivity index (χ4v) is 2.28. The molecule has 20 heavy (non-hydrogen) atoms. The summed E-state index contributed by atoms with van der Waals surface area (Å²) in [5.74, 6) is -0.295. The highest BCUT2D eigenvalue weighted by molar-refractivity contribution is 6.35. The second kappa shape index (κ2) is 6.20. The lowest BCUT2D eigenvalue weighted by molar-refractivity contribution is 0.0934. The van der Waals surface area contributed by atoms with Crippen LogP contribution >= 0.6 is 23.2 Å². The maximum Gasteiger partial charge on any atom is 0.271 e. The zero-order valence-electron chi connectivity index (χ0n) is 11.0. The molecule has 104 valence electrons. The van der Waals surface area contributed by atoms with E-state index in [1.165, 1.54) is 6.20 Å². The van der Waals surface area contributed by atoms with E-state index >= 15 is 0 Å². The van der Waals surface area contributed by atoms with E-state index in [1.807, 2.05) is 13.8 Å². The van der Waals surface area contributed by atoms with E-state index < -0.39 is 0 Å².